The Kier molecular flexibility index (Phi) is 5.75. The quantitative estimate of drug-likeness (QED) is 0.802. The van der Waals surface area contributed by atoms with Crippen LogP contribution in [0.2, 0.25) is 0 Å². The maximum atomic E-state index is 11.7. The molecular weight excluding hydrogens is 210 g/mol. The molecule has 0 bridgehead atoms. The molecule has 1 amide bonds. The van der Waals surface area contributed by atoms with E-state index in [4.69, 9.17) is 0 Å². The first-order chi connectivity index (χ1) is 8.19. The number of carbonyl (C=O) groups excluding carboxylic acids is 1. The van der Waals surface area contributed by atoms with Crippen molar-refractivity contribution >= 4 is 5.91 Å². The lowest BCUT2D eigenvalue weighted by molar-refractivity contribution is -0.124. The summed E-state index contributed by atoms with van der Waals surface area (Å²) in [4.78, 5) is 11.7. The van der Waals surface area contributed by atoms with E-state index in [9.17, 15) is 4.79 Å². The van der Waals surface area contributed by atoms with Crippen LogP contribution >= 0.6 is 0 Å². The molecule has 0 heterocycles. The molecule has 0 saturated carbocycles. The van der Waals surface area contributed by atoms with E-state index >= 15 is 0 Å². The Balaban J connectivity index is 2.51. The van der Waals surface area contributed by atoms with Crippen molar-refractivity contribution in [1.29, 1.82) is 0 Å². The van der Waals surface area contributed by atoms with E-state index in [-0.39, 0.29) is 11.8 Å². The minimum Gasteiger partial charge on any atom is -0.355 e. The number of carbonyl (C=O) groups is 1. The van der Waals surface area contributed by atoms with E-state index in [1.165, 1.54) is 5.56 Å². The fourth-order valence-corrected chi connectivity index (χ4v) is 1.81. The molecule has 2 unspecified atom stereocenters. The van der Waals surface area contributed by atoms with E-state index in [1.54, 1.807) is 0 Å². The molecule has 2 nitrogen and oxygen atoms in total. The van der Waals surface area contributed by atoms with E-state index in [1.807, 2.05) is 19.9 Å². The Morgan fingerprint density at radius 3 is 2.35 bits per heavy atom. The van der Waals surface area contributed by atoms with Crippen LogP contribution in [-0.4, -0.2) is 12.5 Å². The number of benzene rings is 1. The lowest BCUT2D eigenvalue weighted by Crippen LogP contribution is -2.32. The van der Waals surface area contributed by atoms with Crippen LogP contribution in [0.5, 0.6) is 0 Å². The second kappa shape index (κ2) is 7.10. The highest BCUT2D eigenvalue weighted by Crippen LogP contribution is 2.18. The lowest BCUT2D eigenvalue weighted by Gasteiger charge is -2.17. The molecule has 1 aromatic rings. The van der Waals surface area contributed by atoms with Crippen LogP contribution in [0.4, 0.5) is 0 Å². The highest BCUT2D eigenvalue weighted by Gasteiger charge is 2.13. The molecule has 0 fully saturated rings. The van der Waals surface area contributed by atoms with Gasteiger partial charge in [0, 0.05) is 18.4 Å². The summed E-state index contributed by atoms with van der Waals surface area (Å²) in [5.74, 6) is 0.703. The van der Waals surface area contributed by atoms with Gasteiger partial charge < -0.3 is 5.32 Å². The monoisotopic (exact) mass is 233 g/mol. The van der Waals surface area contributed by atoms with E-state index < -0.39 is 0 Å². The summed E-state index contributed by atoms with van der Waals surface area (Å²) in [6, 6.07) is 10.4. The molecule has 2 atom stereocenters. The molecule has 1 aromatic carbocycles. The van der Waals surface area contributed by atoms with Crippen molar-refractivity contribution in [2.24, 2.45) is 5.92 Å². The summed E-state index contributed by atoms with van der Waals surface area (Å²) in [7, 11) is 0. The van der Waals surface area contributed by atoms with Crippen molar-refractivity contribution in [2.45, 2.75) is 39.5 Å². The average molecular weight is 233 g/mol. The highest BCUT2D eigenvalue weighted by molar-refractivity contribution is 5.78. The van der Waals surface area contributed by atoms with Gasteiger partial charge in [-0.3, -0.25) is 4.79 Å². The van der Waals surface area contributed by atoms with Gasteiger partial charge in [0.15, 0.2) is 0 Å². The van der Waals surface area contributed by atoms with Gasteiger partial charge >= 0.3 is 0 Å². The molecule has 0 aliphatic carbocycles. The third-order valence-electron chi connectivity index (χ3n) is 3.35. The largest absolute Gasteiger partial charge is 0.355 e. The first kappa shape index (κ1) is 13.8. The maximum Gasteiger partial charge on any atom is 0.222 e. The molecule has 0 radical (unpaired) electrons. The maximum absolute atomic E-state index is 11.7. The third kappa shape index (κ3) is 4.22. The summed E-state index contributed by atoms with van der Waals surface area (Å²) in [6.07, 6.45) is 1.94. The SMILES string of the molecule is CCC(C)C(=O)NCC(CC)c1ccccc1. The van der Waals surface area contributed by atoms with Crippen molar-refractivity contribution in [2.75, 3.05) is 6.54 Å². The molecule has 94 valence electrons. The van der Waals surface area contributed by atoms with Crippen LogP contribution in [-0.2, 0) is 4.79 Å². The number of rotatable bonds is 6. The van der Waals surface area contributed by atoms with Gasteiger partial charge in [0.1, 0.15) is 0 Å². The van der Waals surface area contributed by atoms with Gasteiger partial charge in [-0.15, -0.1) is 0 Å². The summed E-state index contributed by atoms with van der Waals surface area (Å²) < 4.78 is 0. The normalized spacial score (nSPS) is 14.1. The third-order valence-corrected chi connectivity index (χ3v) is 3.35. The Hall–Kier alpha value is -1.31. The Bertz CT molecular complexity index is 334. The van der Waals surface area contributed by atoms with Crippen LogP contribution in [0.1, 0.15) is 45.1 Å². The van der Waals surface area contributed by atoms with Gasteiger partial charge in [0.05, 0.1) is 0 Å². The van der Waals surface area contributed by atoms with Gasteiger partial charge in [-0.2, -0.15) is 0 Å². The van der Waals surface area contributed by atoms with Gasteiger partial charge in [-0.1, -0.05) is 51.1 Å². The van der Waals surface area contributed by atoms with Crippen LogP contribution in [0.25, 0.3) is 0 Å². The Morgan fingerprint density at radius 1 is 1.18 bits per heavy atom. The fourth-order valence-electron chi connectivity index (χ4n) is 1.81. The Morgan fingerprint density at radius 2 is 1.82 bits per heavy atom. The van der Waals surface area contributed by atoms with Gasteiger partial charge in [0.25, 0.3) is 0 Å². The number of hydrogen-bond acceptors (Lipinski definition) is 1. The number of amides is 1. The second-order valence-corrected chi connectivity index (χ2v) is 4.57. The summed E-state index contributed by atoms with van der Waals surface area (Å²) in [5, 5.41) is 3.04. The van der Waals surface area contributed by atoms with Gasteiger partial charge in [0.2, 0.25) is 5.91 Å². The molecule has 0 saturated heterocycles. The van der Waals surface area contributed by atoms with Crippen LogP contribution < -0.4 is 5.32 Å². The zero-order valence-corrected chi connectivity index (χ0v) is 11.1. The Labute approximate surface area is 104 Å². The van der Waals surface area contributed by atoms with E-state index in [0.717, 1.165) is 19.4 Å². The molecule has 0 aliphatic heterocycles. The van der Waals surface area contributed by atoms with Gasteiger partial charge in [-0.05, 0) is 18.4 Å². The minimum absolute atomic E-state index is 0.114. The molecule has 0 aromatic heterocycles. The second-order valence-electron chi connectivity index (χ2n) is 4.57. The summed E-state index contributed by atoms with van der Waals surface area (Å²) in [6.45, 7) is 6.91. The van der Waals surface area contributed by atoms with Crippen molar-refractivity contribution < 1.29 is 4.79 Å². The van der Waals surface area contributed by atoms with Crippen LogP contribution in [0, 0.1) is 5.92 Å². The predicted octanol–water partition coefficient (Wildman–Crippen LogP) is 3.34. The zero-order chi connectivity index (χ0) is 12.7. The van der Waals surface area contributed by atoms with Crippen LogP contribution in [0.3, 0.4) is 0 Å². The topological polar surface area (TPSA) is 29.1 Å². The molecule has 2 heteroatoms. The highest BCUT2D eigenvalue weighted by atomic mass is 16.1. The number of nitrogens with one attached hydrogen (secondary N) is 1. The first-order valence-corrected chi connectivity index (χ1v) is 6.51. The summed E-state index contributed by atoms with van der Waals surface area (Å²) >= 11 is 0. The zero-order valence-electron chi connectivity index (χ0n) is 11.1. The predicted molar refractivity (Wildman–Crippen MR) is 71.9 cm³/mol. The lowest BCUT2D eigenvalue weighted by atomic mass is 9.96. The van der Waals surface area contributed by atoms with Crippen LogP contribution in [0.15, 0.2) is 30.3 Å². The molecule has 0 aliphatic rings. The molecule has 1 rings (SSSR count). The van der Waals surface area contributed by atoms with E-state index in [0.29, 0.717) is 5.92 Å². The minimum atomic E-state index is 0.114. The molecule has 0 spiro atoms. The average Bonchev–Trinajstić information content (AvgIpc) is 2.39. The van der Waals surface area contributed by atoms with Crippen molar-refractivity contribution in [3.8, 4) is 0 Å². The number of hydrogen-bond donors (Lipinski definition) is 1. The smallest absolute Gasteiger partial charge is 0.222 e. The molecule has 17 heavy (non-hydrogen) atoms. The standard InChI is InChI=1S/C15H23NO/c1-4-12(3)15(17)16-11-13(5-2)14-9-7-6-8-10-14/h6-10,12-13H,4-5,11H2,1-3H3,(H,16,17). The molecule has 1 N–H and O–H groups in total. The van der Waals surface area contributed by atoms with Gasteiger partial charge in [-0.25, -0.2) is 0 Å². The fraction of sp³-hybridized carbons (Fsp3) is 0.533. The van der Waals surface area contributed by atoms with Crippen molar-refractivity contribution in [3.05, 3.63) is 35.9 Å². The van der Waals surface area contributed by atoms with E-state index in [2.05, 4.69) is 36.5 Å². The van der Waals surface area contributed by atoms with Crippen molar-refractivity contribution in [3.63, 3.8) is 0 Å². The summed E-state index contributed by atoms with van der Waals surface area (Å²) in [5.41, 5.74) is 1.31. The first-order valence-electron chi connectivity index (χ1n) is 6.51. The molecular formula is C15H23NO. The van der Waals surface area contributed by atoms with Crippen molar-refractivity contribution in [1.82, 2.24) is 5.32 Å².